The van der Waals surface area contributed by atoms with E-state index in [9.17, 15) is 9.59 Å². The van der Waals surface area contributed by atoms with Gasteiger partial charge in [-0.15, -0.1) is 12.6 Å². The first-order valence-electron chi connectivity index (χ1n) is 6.93. The zero-order chi connectivity index (χ0) is 13.6. The van der Waals surface area contributed by atoms with Crippen molar-refractivity contribution in [1.82, 2.24) is 9.80 Å². The summed E-state index contributed by atoms with van der Waals surface area (Å²) in [6.45, 7) is 3.28. The van der Waals surface area contributed by atoms with Crippen molar-refractivity contribution in [2.45, 2.75) is 25.0 Å². The number of likely N-dealkylation sites (N-methyl/N-ethyl adjacent to an activating group) is 1. The lowest BCUT2D eigenvalue weighted by Gasteiger charge is -2.36. The summed E-state index contributed by atoms with van der Waals surface area (Å²) >= 11 is 3.96. The van der Waals surface area contributed by atoms with Crippen molar-refractivity contribution in [2.24, 2.45) is 11.8 Å². The van der Waals surface area contributed by atoms with Crippen LogP contribution in [0.15, 0.2) is 0 Å². The van der Waals surface area contributed by atoms with Gasteiger partial charge in [0.15, 0.2) is 5.12 Å². The summed E-state index contributed by atoms with van der Waals surface area (Å²) in [5.41, 5.74) is 0. The maximum Gasteiger partial charge on any atom is 0.229 e. The number of amides is 1. The number of fused-ring (bicyclic) bond motifs is 2. The minimum absolute atomic E-state index is 0.0711. The Morgan fingerprint density at radius 3 is 2.21 bits per heavy atom. The zero-order valence-corrected chi connectivity index (χ0v) is 12.0. The number of nitrogens with zero attached hydrogens (tertiary/aromatic N) is 2. The van der Waals surface area contributed by atoms with Crippen LogP contribution < -0.4 is 0 Å². The van der Waals surface area contributed by atoms with Crippen LogP contribution in [0.5, 0.6) is 0 Å². The van der Waals surface area contributed by atoms with Crippen molar-refractivity contribution >= 4 is 23.7 Å². The summed E-state index contributed by atoms with van der Waals surface area (Å²) in [5.74, 6) is -0.547. The lowest BCUT2D eigenvalue weighted by atomic mass is 9.79. The summed E-state index contributed by atoms with van der Waals surface area (Å²) < 4.78 is 5.76. The molecule has 0 spiro atoms. The van der Waals surface area contributed by atoms with Crippen molar-refractivity contribution in [1.29, 1.82) is 0 Å². The first-order chi connectivity index (χ1) is 9.08. The Morgan fingerprint density at radius 1 is 1.05 bits per heavy atom. The Morgan fingerprint density at radius 2 is 1.63 bits per heavy atom. The molecule has 2 bridgehead atoms. The van der Waals surface area contributed by atoms with E-state index in [1.54, 1.807) is 0 Å². The molecule has 6 heteroatoms. The molecule has 0 saturated carbocycles. The maximum absolute atomic E-state index is 12.7. The summed E-state index contributed by atoms with van der Waals surface area (Å²) in [7, 11) is 2.06. The highest BCUT2D eigenvalue weighted by Crippen LogP contribution is 2.45. The fraction of sp³-hybridized carbons (Fsp3) is 0.846. The van der Waals surface area contributed by atoms with Gasteiger partial charge in [0.25, 0.3) is 0 Å². The third-order valence-electron chi connectivity index (χ3n) is 4.66. The van der Waals surface area contributed by atoms with Gasteiger partial charge in [0.05, 0.1) is 24.0 Å². The molecule has 3 heterocycles. The minimum Gasteiger partial charge on any atom is -0.373 e. The lowest BCUT2D eigenvalue weighted by Crippen LogP contribution is -2.52. The van der Waals surface area contributed by atoms with Crippen molar-refractivity contribution in [2.75, 3.05) is 33.2 Å². The largest absolute Gasteiger partial charge is 0.373 e. The first kappa shape index (κ1) is 13.4. The molecule has 0 aromatic rings. The normalized spacial score (nSPS) is 38.7. The highest BCUT2D eigenvalue weighted by atomic mass is 32.1. The van der Waals surface area contributed by atoms with Gasteiger partial charge in [0.1, 0.15) is 0 Å². The number of piperazine rings is 1. The van der Waals surface area contributed by atoms with Gasteiger partial charge in [-0.2, -0.15) is 0 Å². The molecule has 3 fully saturated rings. The molecule has 3 rings (SSSR count). The Kier molecular flexibility index (Phi) is 3.57. The van der Waals surface area contributed by atoms with E-state index in [-0.39, 0.29) is 35.1 Å². The summed E-state index contributed by atoms with van der Waals surface area (Å²) in [6, 6.07) is 0. The fourth-order valence-electron chi connectivity index (χ4n) is 3.54. The molecule has 3 aliphatic rings. The van der Waals surface area contributed by atoms with E-state index < -0.39 is 0 Å². The molecule has 1 amide bonds. The van der Waals surface area contributed by atoms with Crippen molar-refractivity contribution in [3.05, 3.63) is 0 Å². The predicted octanol–water partition coefficient (Wildman–Crippen LogP) is 0.0104. The number of rotatable bonds is 2. The average Bonchev–Trinajstić information content (AvgIpc) is 2.98. The van der Waals surface area contributed by atoms with Gasteiger partial charge in [-0.1, -0.05) is 0 Å². The van der Waals surface area contributed by atoms with Gasteiger partial charge in [0, 0.05) is 26.2 Å². The fourth-order valence-corrected chi connectivity index (χ4v) is 3.87. The molecule has 3 saturated heterocycles. The maximum atomic E-state index is 12.7. The second-order valence-electron chi connectivity index (χ2n) is 5.81. The molecule has 2 unspecified atom stereocenters. The van der Waals surface area contributed by atoms with Crippen LogP contribution in [0, 0.1) is 11.8 Å². The molecule has 0 aliphatic carbocycles. The second-order valence-corrected chi connectivity index (χ2v) is 6.25. The second kappa shape index (κ2) is 5.07. The summed E-state index contributed by atoms with van der Waals surface area (Å²) in [6.07, 6.45) is 1.62. The van der Waals surface area contributed by atoms with Crippen LogP contribution in [-0.2, 0) is 14.3 Å². The average molecular weight is 284 g/mol. The monoisotopic (exact) mass is 284 g/mol. The molecular weight excluding hydrogens is 264 g/mol. The van der Waals surface area contributed by atoms with E-state index in [4.69, 9.17) is 4.74 Å². The third-order valence-corrected chi connectivity index (χ3v) is 4.96. The Labute approximate surface area is 118 Å². The standard InChI is InChI=1S/C13H20N2O3S/c1-14-4-6-15(7-5-14)12(16)10-8-2-3-9(18-8)11(10)13(17)19/h8-11H,2-7H2,1H3,(H,17,19)/t8-,9-,10?,11?/m1/s1. The smallest absolute Gasteiger partial charge is 0.229 e. The van der Waals surface area contributed by atoms with E-state index in [0.717, 1.165) is 39.0 Å². The molecule has 106 valence electrons. The molecule has 5 nitrogen and oxygen atoms in total. The molecule has 0 radical (unpaired) electrons. The topological polar surface area (TPSA) is 49.9 Å². The van der Waals surface area contributed by atoms with E-state index >= 15 is 0 Å². The van der Waals surface area contributed by atoms with Crippen molar-refractivity contribution in [3.8, 4) is 0 Å². The molecule has 0 aromatic heterocycles. The Bertz CT molecular complexity index is 395. The van der Waals surface area contributed by atoms with E-state index in [2.05, 4.69) is 24.6 Å². The van der Waals surface area contributed by atoms with Crippen LogP contribution in [0.2, 0.25) is 0 Å². The van der Waals surface area contributed by atoms with Gasteiger partial charge >= 0.3 is 0 Å². The quantitative estimate of drug-likeness (QED) is 0.726. The van der Waals surface area contributed by atoms with Gasteiger partial charge in [-0.25, -0.2) is 0 Å². The minimum atomic E-state index is -0.339. The zero-order valence-electron chi connectivity index (χ0n) is 11.1. The third kappa shape index (κ3) is 2.30. The number of ether oxygens (including phenoxy) is 1. The van der Waals surface area contributed by atoms with E-state index in [0.29, 0.717) is 0 Å². The predicted molar refractivity (Wildman–Crippen MR) is 72.9 cm³/mol. The van der Waals surface area contributed by atoms with Crippen LogP contribution in [0.1, 0.15) is 12.8 Å². The number of thiol groups is 1. The lowest BCUT2D eigenvalue weighted by molar-refractivity contribution is -0.141. The van der Waals surface area contributed by atoms with Crippen LogP contribution in [0.25, 0.3) is 0 Å². The highest BCUT2D eigenvalue weighted by molar-refractivity contribution is 7.96. The van der Waals surface area contributed by atoms with Gasteiger partial charge < -0.3 is 14.5 Å². The van der Waals surface area contributed by atoms with Gasteiger partial charge in [-0.3, -0.25) is 9.59 Å². The van der Waals surface area contributed by atoms with Crippen LogP contribution in [-0.4, -0.2) is 66.3 Å². The number of hydrogen-bond donors (Lipinski definition) is 1. The SMILES string of the molecule is CN1CCN(C(=O)C2C(C(=O)S)[C@H]3CC[C@H]2O3)CC1. The first-order valence-corrected chi connectivity index (χ1v) is 7.38. The molecule has 0 aromatic carbocycles. The van der Waals surface area contributed by atoms with Crippen molar-refractivity contribution in [3.63, 3.8) is 0 Å². The Balaban J connectivity index is 1.73. The number of carbonyl (C=O) groups excluding carboxylic acids is 2. The van der Waals surface area contributed by atoms with Gasteiger partial charge in [0.2, 0.25) is 5.91 Å². The molecule has 3 aliphatic heterocycles. The highest BCUT2D eigenvalue weighted by Gasteiger charge is 2.55. The van der Waals surface area contributed by atoms with Crippen molar-refractivity contribution < 1.29 is 14.3 Å². The van der Waals surface area contributed by atoms with E-state index in [1.165, 1.54) is 0 Å². The summed E-state index contributed by atoms with van der Waals surface area (Å²) in [4.78, 5) is 28.4. The molecule has 4 atom stereocenters. The van der Waals surface area contributed by atoms with Crippen LogP contribution in [0.4, 0.5) is 0 Å². The van der Waals surface area contributed by atoms with E-state index in [1.807, 2.05) is 4.90 Å². The van der Waals surface area contributed by atoms with Crippen LogP contribution >= 0.6 is 12.6 Å². The van der Waals surface area contributed by atoms with Gasteiger partial charge in [-0.05, 0) is 19.9 Å². The number of hydrogen-bond acceptors (Lipinski definition) is 4. The molecular formula is C13H20N2O3S. The number of carbonyl (C=O) groups is 2. The molecule has 0 N–H and O–H groups in total. The Hall–Kier alpha value is -0.590. The van der Waals surface area contributed by atoms with Crippen LogP contribution in [0.3, 0.4) is 0 Å². The summed E-state index contributed by atoms with van der Waals surface area (Å²) in [5, 5.41) is -0.195. The molecule has 19 heavy (non-hydrogen) atoms.